The van der Waals surface area contributed by atoms with Crippen LogP contribution in [0.2, 0.25) is 0 Å². The summed E-state index contributed by atoms with van der Waals surface area (Å²) in [6.45, 7) is 0. The summed E-state index contributed by atoms with van der Waals surface area (Å²) in [5, 5.41) is 0. The third-order valence-corrected chi connectivity index (χ3v) is 4.14. The molecule has 0 bridgehead atoms. The van der Waals surface area contributed by atoms with Crippen LogP contribution in [0.15, 0.2) is 48.5 Å². The number of hydrogen-bond donors (Lipinski definition) is 1. The molecule has 0 saturated carbocycles. The fourth-order valence-electron chi connectivity index (χ4n) is 2.96. The molecule has 2 aromatic carbocycles. The molecule has 1 heteroatoms. The van der Waals surface area contributed by atoms with E-state index in [1.807, 2.05) is 0 Å². The molecule has 0 saturated heterocycles. The van der Waals surface area contributed by atoms with Gasteiger partial charge >= 0.3 is 0 Å². The number of nitrogens with two attached hydrogens (primary N) is 1. The van der Waals surface area contributed by atoms with Crippen LogP contribution in [0, 0.1) is 0 Å². The Morgan fingerprint density at radius 2 is 1.74 bits per heavy atom. The van der Waals surface area contributed by atoms with Crippen LogP contribution in [-0.4, -0.2) is 0 Å². The predicted octanol–water partition coefficient (Wildman–Crippen LogP) is 3.81. The monoisotopic (exact) mass is 251 g/mol. The van der Waals surface area contributed by atoms with E-state index in [0.717, 1.165) is 12.8 Å². The minimum atomic E-state index is 0.158. The molecular weight excluding hydrogens is 230 g/mol. The molecule has 1 aliphatic rings. The number of fused-ring (bicyclic) bond motifs is 1. The Kier molecular flexibility index (Phi) is 3.65. The molecule has 2 N–H and O–H groups in total. The normalized spacial score (nSPS) is 15.2. The van der Waals surface area contributed by atoms with Gasteiger partial charge in [-0.2, -0.15) is 0 Å². The zero-order valence-electron chi connectivity index (χ0n) is 11.3. The van der Waals surface area contributed by atoms with Gasteiger partial charge in [0, 0.05) is 6.04 Å². The molecule has 3 rings (SSSR count). The van der Waals surface area contributed by atoms with Gasteiger partial charge in [-0.25, -0.2) is 0 Å². The lowest BCUT2D eigenvalue weighted by atomic mass is 9.97. The van der Waals surface area contributed by atoms with Crippen molar-refractivity contribution < 1.29 is 0 Å². The Balaban J connectivity index is 1.65. The third kappa shape index (κ3) is 2.87. The summed E-state index contributed by atoms with van der Waals surface area (Å²) < 4.78 is 0. The van der Waals surface area contributed by atoms with Gasteiger partial charge in [0.15, 0.2) is 0 Å². The molecule has 1 aliphatic carbocycles. The fourth-order valence-corrected chi connectivity index (χ4v) is 2.96. The van der Waals surface area contributed by atoms with Gasteiger partial charge in [-0.15, -0.1) is 0 Å². The first-order valence-corrected chi connectivity index (χ1v) is 7.24. The standard InChI is InChI=1S/C18H21N/c19-18(12-9-14-5-2-1-3-6-14)17-11-10-15-7-4-8-16(15)13-17/h1-3,5-6,10-11,13,18H,4,7-9,12,19H2. The van der Waals surface area contributed by atoms with Gasteiger partial charge in [0.2, 0.25) is 0 Å². The van der Waals surface area contributed by atoms with Crippen molar-refractivity contribution in [3.8, 4) is 0 Å². The highest BCUT2D eigenvalue weighted by Crippen LogP contribution is 2.26. The van der Waals surface area contributed by atoms with Gasteiger partial charge in [0.25, 0.3) is 0 Å². The number of benzene rings is 2. The summed E-state index contributed by atoms with van der Waals surface area (Å²) >= 11 is 0. The van der Waals surface area contributed by atoms with Crippen molar-refractivity contribution in [3.63, 3.8) is 0 Å². The summed E-state index contributed by atoms with van der Waals surface area (Å²) in [5.41, 5.74) is 12.1. The second-order valence-corrected chi connectivity index (χ2v) is 5.51. The summed E-state index contributed by atoms with van der Waals surface area (Å²) in [7, 11) is 0. The Bertz CT molecular complexity index is 545. The molecule has 2 aromatic rings. The summed E-state index contributed by atoms with van der Waals surface area (Å²) in [6, 6.07) is 17.6. The quantitative estimate of drug-likeness (QED) is 0.878. The number of hydrogen-bond acceptors (Lipinski definition) is 1. The van der Waals surface area contributed by atoms with E-state index < -0.39 is 0 Å². The van der Waals surface area contributed by atoms with Gasteiger partial charge in [0.1, 0.15) is 0 Å². The number of rotatable bonds is 4. The van der Waals surface area contributed by atoms with Crippen LogP contribution in [0.3, 0.4) is 0 Å². The average molecular weight is 251 g/mol. The van der Waals surface area contributed by atoms with Gasteiger partial charge in [-0.3, -0.25) is 0 Å². The molecule has 0 amide bonds. The molecule has 1 atom stereocenters. The van der Waals surface area contributed by atoms with Crippen molar-refractivity contribution in [3.05, 3.63) is 70.8 Å². The maximum Gasteiger partial charge on any atom is 0.0298 e. The van der Waals surface area contributed by atoms with Gasteiger partial charge in [-0.1, -0.05) is 48.5 Å². The molecule has 0 heterocycles. The maximum atomic E-state index is 6.34. The lowest BCUT2D eigenvalue weighted by Gasteiger charge is -2.13. The molecule has 0 aromatic heterocycles. The summed E-state index contributed by atoms with van der Waals surface area (Å²) in [5.74, 6) is 0. The van der Waals surface area contributed by atoms with Crippen molar-refractivity contribution >= 4 is 0 Å². The smallest absolute Gasteiger partial charge is 0.0298 e. The Labute approximate surface area is 115 Å². The predicted molar refractivity (Wildman–Crippen MR) is 80.2 cm³/mol. The van der Waals surface area contributed by atoms with E-state index in [1.54, 1.807) is 0 Å². The Morgan fingerprint density at radius 1 is 0.947 bits per heavy atom. The zero-order chi connectivity index (χ0) is 13.1. The van der Waals surface area contributed by atoms with E-state index in [2.05, 4.69) is 48.5 Å². The molecule has 98 valence electrons. The average Bonchev–Trinajstić information content (AvgIpc) is 2.93. The van der Waals surface area contributed by atoms with Crippen LogP contribution in [0.4, 0.5) is 0 Å². The minimum absolute atomic E-state index is 0.158. The van der Waals surface area contributed by atoms with E-state index in [0.29, 0.717) is 0 Å². The molecular formula is C18H21N. The van der Waals surface area contributed by atoms with Crippen molar-refractivity contribution in [2.24, 2.45) is 5.73 Å². The van der Waals surface area contributed by atoms with Crippen molar-refractivity contribution in [2.45, 2.75) is 38.1 Å². The van der Waals surface area contributed by atoms with Crippen LogP contribution >= 0.6 is 0 Å². The van der Waals surface area contributed by atoms with E-state index in [1.165, 1.54) is 41.5 Å². The molecule has 1 unspecified atom stereocenters. The molecule has 0 radical (unpaired) electrons. The highest BCUT2D eigenvalue weighted by molar-refractivity contribution is 5.36. The van der Waals surface area contributed by atoms with Crippen LogP contribution in [0.5, 0.6) is 0 Å². The van der Waals surface area contributed by atoms with Crippen molar-refractivity contribution in [1.82, 2.24) is 0 Å². The summed E-state index contributed by atoms with van der Waals surface area (Å²) in [4.78, 5) is 0. The van der Waals surface area contributed by atoms with Crippen LogP contribution in [-0.2, 0) is 19.3 Å². The largest absolute Gasteiger partial charge is 0.324 e. The highest BCUT2D eigenvalue weighted by Gasteiger charge is 2.13. The number of aryl methyl sites for hydroxylation is 3. The van der Waals surface area contributed by atoms with Gasteiger partial charge in [0.05, 0.1) is 0 Å². The summed E-state index contributed by atoms with van der Waals surface area (Å²) in [6.07, 6.45) is 5.85. The minimum Gasteiger partial charge on any atom is -0.324 e. The van der Waals surface area contributed by atoms with Crippen LogP contribution in [0.1, 0.15) is 41.1 Å². The van der Waals surface area contributed by atoms with E-state index >= 15 is 0 Å². The molecule has 0 fully saturated rings. The van der Waals surface area contributed by atoms with Crippen molar-refractivity contribution in [1.29, 1.82) is 0 Å². The second kappa shape index (κ2) is 5.58. The van der Waals surface area contributed by atoms with Crippen molar-refractivity contribution in [2.75, 3.05) is 0 Å². The second-order valence-electron chi connectivity index (χ2n) is 5.51. The Hall–Kier alpha value is -1.60. The highest BCUT2D eigenvalue weighted by atomic mass is 14.6. The fraction of sp³-hybridized carbons (Fsp3) is 0.333. The van der Waals surface area contributed by atoms with Crippen LogP contribution < -0.4 is 5.73 Å². The first-order chi connectivity index (χ1) is 9.33. The third-order valence-electron chi connectivity index (χ3n) is 4.14. The van der Waals surface area contributed by atoms with E-state index in [-0.39, 0.29) is 6.04 Å². The maximum absolute atomic E-state index is 6.34. The Morgan fingerprint density at radius 3 is 2.58 bits per heavy atom. The molecule has 0 spiro atoms. The SMILES string of the molecule is NC(CCc1ccccc1)c1ccc2c(c1)CCC2. The molecule has 19 heavy (non-hydrogen) atoms. The molecule has 1 nitrogen and oxygen atoms in total. The van der Waals surface area contributed by atoms with Crippen LogP contribution in [0.25, 0.3) is 0 Å². The lowest BCUT2D eigenvalue weighted by molar-refractivity contribution is 0.650. The van der Waals surface area contributed by atoms with E-state index in [9.17, 15) is 0 Å². The molecule has 0 aliphatic heterocycles. The first-order valence-electron chi connectivity index (χ1n) is 7.24. The first kappa shape index (κ1) is 12.4. The van der Waals surface area contributed by atoms with Gasteiger partial charge in [-0.05, 0) is 54.4 Å². The lowest BCUT2D eigenvalue weighted by Crippen LogP contribution is -2.11. The van der Waals surface area contributed by atoms with Gasteiger partial charge < -0.3 is 5.73 Å². The zero-order valence-corrected chi connectivity index (χ0v) is 11.3. The van der Waals surface area contributed by atoms with E-state index in [4.69, 9.17) is 5.73 Å². The topological polar surface area (TPSA) is 26.0 Å².